The Balaban J connectivity index is 0.000000344. The van der Waals surface area contributed by atoms with Crippen LogP contribution in [0.25, 0.3) is 22.8 Å². The SMILES string of the molecule is O=C([O-])c1ccc(Br)cc1.O=C([O-])c1ccc(Br)cc1.O=C([O-])c1ccc(Br)cc1.[Er+3].[OH3+].c1ccc(-c2cccc(-c3ccccn3)n2)nc1. The second kappa shape index (κ2) is 23.5. The maximum absolute atomic E-state index is 10.2. The molecule has 6 rings (SSSR count). The van der Waals surface area contributed by atoms with Crippen LogP contribution in [0, 0.1) is 37.3 Å². The third kappa shape index (κ3) is 15.8. The van der Waals surface area contributed by atoms with Crippen molar-refractivity contribution in [2.45, 2.75) is 0 Å². The summed E-state index contributed by atoms with van der Waals surface area (Å²) in [5.41, 5.74) is 4.05. The summed E-state index contributed by atoms with van der Waals surface area (Å²) in [4.78, 5) is 43.7. The zero-order valence-corrected chi connectivity index (χ0v) is 32.2. The summed E-state index contributed by atoms with van der Waals surface area (Å²) in [6.07, 6.45) is 3.54. The van der Waals surface area contributed by atoms with Gasteiger partial charge in [0.1, 0.15) is 0 Å². The van der Waals surface area contributed by atoms with Gasteiger partial charge in [-0.15, -0.1) is 0 Å². The van der Waals surface area contributed by atoms with Gasteiger partial charge in [-0.05, 0) is 89.5 Å². The number of carboxylic acids is 3. The van der Waals surface area contributed by atoms with Crippen molar-refractivity contribution in [3.63, 3.8) is 0 Å². The average molecular weight is 1020 g/mol. The van der Waals surface area contributed by atoms with Crippen molar-refractivity contribution in [2.75, 3.05) is 0 Å². The van der Waals surface area contributed by atoms with Gasteiger partial charge in [0.25, 0.3) is 0 Å². The predicted molar refractivity (Wildman–Crippen MR) is 191 cm³/mol. The molecule has 0 fully saturated rings. The van der Waals surface area contributed by atoms with Gasteiger partial charge in [-0.2, -0.15) is 0 Å². The molecule has 50 heavy (non-hydrogen) atoms. The van der Waals surface area contributed by atoms with Gasteiger partial charge in [0.15, 0.2) is 0 Å². The molecule has 0 atom stereocenters. The van der Waals surface area contributed by atoms with E-state index in [1.54, 1.807) is 48.8 Å². The number of halogens is 3. The molecule has 0 spiro atoms. The number of aromatic carboxylic acids is 3. The van der Waals surface area contributed by atoms with Crippen molar-refractivity contribution in [1.29, 1.82) is 0 Å². The summed E-state index contributed by atoms with van der Waals surface area (Å²) in [5, 5.41) is 30.6. The number of rotatable bonds is 5. The Bertz CT molecular complexity index is 1730. The number of nitrogens with zero attached hydrogens (tertiary/aromatic N) is 3. The number of carboxylic acid groups (broad SMARTS) is 3. The molecule has 14 heteroatoms. The first-order valence-corrected chi connectivity index (χ1v) is 16.1. The molecule has 3 aromatic heterocycles. The van der Waals surface area contributed by atoms with Crippen molar-refractivity contribution >= 4 is 65.7 Å². The van der Waals surface area contributed by atoms with E-state index < -0.39 is 17.9 Å². The Morgan fingerprint density at radius 1 is 0.420 bits per heavy atom. The molecule has 0 unspecified atom stereocenters. The summed E-state index contributed by atoms with van der Waals surface area (Å²) in [6.45, 7) is 0. The van der Waals surface area contributed by atoms with Gasteiger partial charge in [0, 0.05) is 25.8 Å². The van der Waals surface area contributed by atoms with E-state index >= 15 is 0 Å². The summed E-state index contributed by atoms with van der Waals surface area (Å²) in [6, 6.07) is 36.3. The van der Waals surface area contributed by atoms with Crippen molar-refractivity contribution in [1.82, 2.24) is 15.0 Å². The quantitative estimate of drug-likeness (QED) is 0.220. The predicted octanol–water partition coefficient (Wildman–Crippen LogP) is 4.72. The summed E-state index contributed by atoms with van der Waals surface area (Å²) in [5.74, 6) is -3.44. The van der Waals surface area contributed by atoms with Gasteiger partial charge in [-0.3, -0.25) is 9.97 Å². The zero-order valence-electron chi connectivity index (χ0n) is 25.6. The number of benzene rings is 3. The third-order valence-electron chi connectivity index (χ3n) is 5.84. The number of hydrogen-bond donors (Lipinski definition) is 0. The molecule has 0 aliphatic heterocycles. The van der Waals surface area contributed by atoms with Crippen molar-refractivity contribution < 1.29 is 72.5 Å². The number of aromatic nitrogens is 3. The summed E-state index contributed by atoms with van der Waals surface area (Å²) in [7, 11) is 0. The molecule has 10 nitrogen and oxygen atoms in total. The minimum Gasteiger partial charge on any atom is -0.545 e. The fourth-order valence-electron chi connectivity index (χ4n) is 3.51. The molecule has 259 valence electrons. The third-order valence-corrected chi connectivity index (χ3v) is 7.43. The smallest absolute Gasteiger partial charge is 0.545 e. The minimum atomic E-state index is -1.15. The van der Waals surface area contributed by atoms with Crippen LogP contribution in [0.2, 0.25) is 0 Å². The first-order valence-electron chi connectivity index (χ1n) is 13.7. The number of carbonyl (C=O) groups is 3. The molecule has 0 saturated carbocycles. The van der Waals surface area contributed by atoms with E-state index in [1.807, 2.05) is 54.6 Å². The maximum atomic E-state index is 10.2. The monoisotopic (exact) mass is 1010 g/mol. The van der Waals surface area contributed by atoms with Crippen LogP contribution in [0.4, 0.5) is 0 Å². The van der Waals surface area contributed by atoms with Gasteiger partial charge >= 0.3 is 37.3 Å². The van der Waals surface area contributed by atoms with E-state index in [0.717, 1.165) is 36.2 Å². The largest absolute Gasteiger partial charge is 3.00 e. The topological polar surface area (TPSA) is 192 Å². The van der Waals surface area contributed by atoms with E-state index in [2.05, 4.69) is 62.7 Å². The van der Waals surface area contributed by atoms with Gasteiger partial charge in [-0.1, -0.05) is 102 Å². The van der Waals surface area contributed by atoms with E-state index in [-0.39, 0.29) is 59.5 Å². The second-order valence-corrected chi connectivity index (χ2v) is 12.0. The Morgan fingerprint density at radius 3 is 0.940 bits per heavy atom. The molecule has 3 N–H and O–H groups in total. The van der Waals surface area contributed by atoms with Gasteiger partial charge in [0.2, 0.25) is 0 Å². The fraction of sp³-hybridized carbons (Fsp3) is 0. The molecule has 0 aliphatic rings. The Labute approximate surface area is 342 Å². The Kier molecular flexibility index (Phi) is 20.8. The van der Waals surface area contributed by atoms with Gasteiger partial charge in [0.05, 0.1) is 40.7 Å². The van der Waals surface area contributed by atoms with Crippen LogP contribution in [-0.2, 0) is 5.48 Å². The minimum absolute atomic E-state index is 0. The first-order chi connectivity index (χ1) is 23.0. The van der Waals surface area contributed by atoms with Crippen LogP contribution in [-0.4, -0.2) is 32.9 Å². The molecule has 1 radical (unpaired) electrons. The first kappa shape index (κ1) is 44.2. The molecule has 0 bridgehead atoms. The van der Waals surface area contributed by atoms with Crippen LogP contribution in [0.1, 0.15) is 31.1 Å². The van der Waals surface area contributed by atoms with Crippen molar-refractivity contribution in [3.8, 4) is 22.8 Å². The van der Waals surface area contributed by atoms with E-state index in [4.69, 9.17) is 0 Å². The average Bonchev–Trinajstić information content (AvgIpc) is 3.10. The standard InChI is InChI=1S/C15H11N3.3C7H5BrO2.Er.H2O/c1-3-10-16-12(6-1)14-8-5-9-15(18-14)13-7-2-4-11-17-13;3*8-6-3-1-5(2-4-6)7(9)10;;/h1-11H;3*1-4H,(H,9,10);;1H2/q;;;;+3;/p-2. The normalized spacial score (nSPS) is 9.26. The summed E-state index contributed by atoms with van der Waals surface area (Å²) >= 11 is 9.54. The Morgan fingerprint density at radius 2 is 0.700 bits per heavy atom. The van der Waals surface area contributed by atoms with Crippen LogP contribution >= 0.6 is 47.8 Å². The molecule has 0 amide bonds. The van der Waals surface area contributed by atoms with Gasteiger partial charge < -0.3 is 35.2 Å². The van der Waals surface area contributed by atoms with Crippen LogP contribution < -0.4 is 15.3 Å². The van der Waals surface area contributed by atoms with Crippen LogP contribution in [0.15, 0.2) is 153 Å². The molecule has 3 aromatic carbocycles. The fourth-order valence-corrected chi connectivity index (χ4v) is 4.30. The molecular weight excluding hydrogens is 993 g/mol. The molecule has 3 heterocycles. The second-order valence-electron chi connectivity index (χ2n) is 9.22. The van der Waals surface area contributed by atoms with Crippen molar-refractivity contribution in [2.24, 2.45) is 0 Å². The molecular formula is C36H26Br3ErN3O7+. The number of carbonyl (C=O) groups excluding carboxylic acids is 3. The van der Waals surface area contributed by atoms with Gasteiger partial charge in [-0.25, -0.2) is 4.98 Å². The van der Waals surface area contributed by atoms with E-state index in [9.17, 15) is 29.7 Å². The number of hydrogen-bond acceptors (Lipinski definition) is 9. The Hall–Kier alpha value is -3.83. The molecule has 6 aromatic rings. The summed E-state index contributed by atoms with van der Waals surface area (Å²) < 4.78 is 2.58. The zero-order chi connectivity index (χ0) is 34.9. The number of pyridine rings is 3. The van der Waals surface area contributed by atoms with Crippen LogP contribution in [0.3, 0.4) is 0 Å². The molecule has 0 aliphatic carbocycles. The molecule has 0 saturated heterocycles. The van der Waals surface area contributed by atoms with Crippen molar-refractivity contribution in [3.05, 3.63) is 170 Å². The maximum Gasteiger partial charge on any atom is 3.00 e. The van der Waals surface area contributed by atoms with E-state index in [1.165, 1.54) is 36.4 Å². The van der Waals surface area contributed by atoms with E-state index in [0.29, 0.717) is 0 Å². The van der Waals surface area contributed by atoms with Crippen LogP contribution in [0.5, 0.6) is 0 Å².